The summed E-state index contributed by atoms with van der Waals surface area (Å²) in [6, 6.07) is 8.81. The van der Waals surface area contributed by atoms with E-state index in [9.17, 15) is 14.4 Å². The van der Waals surface area contributed by atoms with Gasteiger partial charge in [-0.15, -0.1) is 5.10 Å². The van der Waals surface area contributed by atoms with E-state index in [2.05, 4.69) is 9.84 Å². The molecule has 8 nitrogen and oxygen atoms in total. The zero-order valence-corrected chi connectivity index (χ0v) is 11.4. The van der Waals surface area contributed by atoms with E-state index >= 15 is 0 Å². The van der Waals surface area contributed by atoms with Crippen molar-refractivity contribution in [2.45, 2.75) is 19.1 Å². The molecule has 1 aliphatic heterocycles. The van der Waals surface area contributed by atoms with Crippen LogP contribution in [0.2, 0.25) is 0 Å². The SMILES string of the molecule is O=C(Cn1nc(-c2ccccc2)oc1=O)O[C@@H]1CCOC1=O. The van der Waals surface area contributed by atoms with E-state index in [1.165, 1.54) is 0 Å². The number of benzene rings is 1. The lowest BCUT2D eigenvalue weighted by Crippen LogP contribution is -2.28. The van der Waals surface area contributed by atoms with Gasteiger partial charge < -0.3 is 13.9 Å². The molecule has 2 aromatic rings. The molecule has 114 valence electrons. The number of carbonyl (C=O) groups is 2. The van der Waals surface area contributed by atoms with Gasteiger partial charge in [-0.2, -0.15) is 4.68 Å². The third-order valence-electron chi connectivity index (χ3n) is 3.07. The zero-order valence-electron chi connectivity index (χ0n) is 11.4. The predicted octanol–water partition coefficient (Wildman–Crippen LogP) is 0.362. The number of ether oxygens (including phenoxy) is 2. The highest BCUT2D eigenvalue weighted by molar-refractivity contribution is 5.80. The Hall–Kier alpha value is -2.90. The Morgan fingerprint density at radius 3 is 2.77 bits per heavy atom. The molecule has 0 N–H and O–H groups in total. The Morgan fingerprint density at radius 1 is 1.32 bits per heavy atom. The molecular formula is C14H12N2O6. The first-order valence-corrected chi connectivity index (χ1v) is 6.63. The van der Waals surface area contributed by atoms with Crippen molar-refractivity contribution in [3.8, 4) is 11.5 Å². The molecule has 0 aliphatic carbocycles. The van der Waals surface area contributed by atoms with Gasteiger partial charge in [0.05, 0.1) is 6.61 Å². The van der Waals surface area contributed by atoms with Gasteiger partial charge in [-0.3, -0.25) is 4.79 Å². The third-order valence-corrected chi connectivity index (χ3v) is 3.07. The fraction of sp³-hybridized carbons (Fsp3) is 0.286. The fourth-order valence-electron chi connectivity index (χ4n) is 2.01. The number of nitrogens with zero attached hydrogens (tertiary/aromatic N) is 2. The molecule has 0 spiro atoms. The van der Waals surface area contributed by atoms with Crippen molar-refractivity contribution in [2.75, 3.05) is 6.61 Å². The lowest BCUT2D eigenvalue weighted by molar-refractivity contribution is -0.160. The summed E-state index contributed by atoms with van der Waals surface area (Å²) in [6.07, 6.45) is -0.600. The number of rotatable bonds is 4. The number of hydrogen-bond acceptors (Lipinski definition) is 7. The second-order valence-corrected chi connectivity index (χ2v) is 4.63. The molecule has 22 heavy (non-hydrogen) atoms. The monoisotopic (exact) mass is 304 g/mol. The van der Waals surface area contributed by atoms with Crippen LogP contribution in [0, 0.1) is 0 Å². The Balaban J connectivity index is 1.70. The molecule has 1 aromatic heterocycles. The third kappa shape index (κ3) is 2.90. The summed E-state index contributed by atoms with van der Waals surface area (Å²) in [4.78, 5) is 34.6. The topological polar surface area (TPSA) is 101 Å². The molecule has 1 aromatic carbocycles. The van der Waals surface area contributed by atoms with E-state index in [4.69, 9.17) is 9.15 Å². The van der Waals surface area contributed by atoms with Gasteiger partial charge in [0.1, 0.15) is 6.54 Å². The quantitative estimate of drug-likeness (QED) is 0.752. The molecule has 0 radical (unpaired) electrons. The van der Waals surface area contributed by atoms with Crippen LogP contribution in [0.25, 0.3) is 11.5 Å². The van der Waals surface area contributed by atoms with Crippen LogP contribution in [-0.2, 0) is 25.6 Å². The molecule has 0 bridgehead atoms. The average Bonchev–Trinajstić information content (AvgIpc) is 3.07. The van der Waals surface area contributed by atoms with E-state index in [0.29, 0.717) is 12.0 Å². The van der Waals surface area contributed by atoms with Gasteiger partial charge in [-0.25, -0.2) is 9.59 Å². The minimum atomic E-state index is -0.913. The van der Waals surface area contributed by atoms with Crippen molar-refractivity contribution in [1.29, 1.82) is 0 Å². The summed E-state index contributed by atoms with van der Waals surface area (Å²) < 4.78 is 15.5. The summed E-state index contributed by atoms with van der Waals surface area (Å²) in [5, 5.41) is 3.93. The van der Waals surface area contributed by atoms with Crippen molar-refractivity contribution in [1.82, 2.24) is 9.78 Å². The zero-order chi connectivity index (χ0) is 15.5. The molecular weight excluding hydrogens is 292 g/mol. The number of carbonyl (C=O) groups excluding carboxylic acids is 2. The highest BCUT2D eigenvalue weighted by atomic mass is 16.6. The number of cyclic esters (lactones) is 1. The standard InChI is InChI=1S/C14H12N2O6/c17-11(21-10-6-7-20-13(10)18)8-16-14(19)22-12(15-16)9-4-2-1-3-5-9/h1-5,10H,6-8H2/t10-/m1/s1. The lowest BCUT2D eigenvalue weighted by atomic mass is 10.2. The molecule has 0 unspecified atom stereocenters. The van der Waals surface area contributed by atoms with Gasteiger partial charge in [-0.1, -0.05) is 18.2 Å². The molecule has 1 aliphatic rings. The Morgan fingerprint density at radius 2 is 2.09 bits per heavy atom. The van der Waals surface area contributed by atoms with Crippen LogP contribution in [0.5, 0.6) is 0 Å². The molecule has 0 amide bonds. The maximum atomic E-state index is 11.7. The van der Waals surface area contributed by atoms with Crippen LogP contribution in [0.1, 0.15) is 6.42 Å². The summed E-state index contributed by atoms with van der Waals surface area (Å²) in [6.45, 7) is -0.211. The molecule has 1 fully saturated rings. The van der Waals surface area contributed by atoms with E-state index in [-0.39, 0.29) is 12.5 Å². The van der Waals surface area contributed by atoms with Gasteiger partial charge in [0, 0.05) is 12.0 Å². The van der Waals surface area contributed by atoms with Crippen LogP contribution < -0.4 is 5.76 Å². The van der Waals surface area contributed by atoms with E-state index in [1.807, 2.05) is 6.07 Å². The minimum Gasteiger partial charge on any atom is -0.463 e. The molecule has 8 heteroatoms. The summed E-state index contributed by atoms with van der Waals surface area (Å²) in [7, 11) is 0. The maximum absolute atomic E-state index is 11.7. The molecule has 0 saturated carbocycles. The van der Waals surface area contributed by atoms with Crippen molar-refractivity contribution < 1.29 is 23.5 Å². The van der Waals surface area contributed by atoms with Crippen molar-refractivity contribution in [2.24, 2.45) is 0 Å². The maximum Gasteiger partial charge on any atom is 0.437 e. The van der Waals surface area contributed by atoms with Gasteiger partial charge in [0.25, 0.3) is 0 Å². The number of aromatic nitrogens is 2. The molecule has 2 heterocycles. The fourth-order valence-corrected chi connectivity index (χ4v) is 2.01. The van der Waals surface area contributed by atoms with E-state index in [0.717, 1.165) is 4.68 Å². The Labute approximate surface area is 124 Å². The largest absolute Gasteiger partial charge is 0.463 e. The number of hydrogen-bond donors (Lipinski definition) is 0. The lowest BCUT2D eigenvalue weighted by Gasteiger charge is -2.07. The Kier molecular flexibility index (Phi) is 3.73. The first-order valence-electron chi connectivity index (χ1n) is 6.63. The van der Waals surface area contributed by atoms with E-state index < -0.39 is 30.3 Å². The van der Waals surface area contributed by atoms with Crippen LogP contribution in [-0.4, -0.2) is 34.4 Å². The highest BCUT2D eigenvalue weighted by Gasteiger charge is 2.30. The van der Waals surface area contributed by atoms with Crippen molar-refractivity contribution in [3.63, 3.8) is 0 Å². The van der Waals surface area contributed by atoms with Gasteiger partial charge in [0.2, 0.25) is 12.0 Å². The molecule has 3 rings (SSSR count). The second kappa shape index (κ2) is 5.84. The minimum absolute atomic E-state index is 0.110. The van der Waals surface area contributed by atoms with Crippen LogP contribution in [0.4, 0.5) is 0 Å². The van der Waals surface area contributed by atoms with Gasteiger partial charge >= 0.3 is 17.7 Å². The number of esters is 2. The van der Waals surface area contributed by atoms with Gasteiger partial charge in [-0.05, 0) is 12.1 Å². The average molecular weight is 304 g/mol. The molecule has 1 atom stereocenters. The first-order chi connectivity index (χ1) is 10.6. The van der Waals surface area contributed by atoms with Crippen molar-refractivity contribution >= 4 is 11.9 Å². The predicted molar refractivity (Wildman–Crippen MR) is 71.7 cm³/mol. The Bertz CT molecular complexity index is 748. The van der Waals surface area contributed by atoms with E-state index in [1.54, 1.807) is 24.3 Å². The highest BCUT2D eigenvalue weighted by Crippen LogP contribution is 2.14. The summed E-state index contributed by atoms with van der Waals surface area (Å²) in [5.74, 6) is -1.99. The van der Waals surface area contributed by atoms with Crippen molar-refractivity contribution in [3.05, 3.63) is 40.9 Å². The van der Waals surface area contributed by atoms with Crippen LogP contribution in [0.15, 0.2) is 39.5 Å². The molecule has 1 saturated heterocycles. The summed E-state index contributed by atoms with van der Waals surface area (Å²) in [5.41, 5.74) is 0.617. The van der Waals surface area contributed by atoms with Crippen LogP contribution >= 0.6 is 0 Å². The van der Waals surface area contributed by atoms with Gasteiger partial charge in [0.15, 0.2) is 0 Å². The normalized spacial score (nSPS) is 17.3. The first kappa shape index (κ1) is 14.1. The summed E-state index contributed by atoms with van der Waals surface area (Å²) >= 11 is 0. The second-order valence-electron chi connectivity index (χ2n) is 4.63. The smallest absolute Gasteiger partial charge is 0.437 e. The van der Waals surface area contributed by atoms with Crippen LogP contribution in [0.3, 0.4) is 0 Å².